The second-order valence-corrected chi connectivity index (χ2v) is 3.61. The molecule has 0 fully saturated rings. The minimum atomic E-state index is -0.651. The summed E-state index contributed by atoms with van der Waals surface area (Å²) in [5.41, 5.74) is 0. The Morgan fingerprint density at radius 1 is 1.21 bits per heavy atom. The molecule has 4 nitrogen and oxygen atoms in total. The first-order chi connectivity index (χ1) is 6.52. The summed E-state index contributed by atoms with van der Waals surface area (Å²) in [6, 6.07) is 0. The summed E-state index contributed by atoms with van der Waals surface area (Å²) >= 11 is 0. The van der Waals surface area contributed by atoms with Crippen LogP contribution >= 0.6 is 0 Å². The van der Waals surface area contributed by atoms with E-state index >= 15 is 0 Å². The smallest absolute Gasteiger partial charge is 0.434 e. The molecule has 0 unspecified atom stereocenters. The molecule has 14 heavy (non-hydrogen) atoms. The van der Waals surface area contributed by atoms with Crippen molar-refractivity contribution in [3.05, 3.63) is 0 Å². The van der Waals surface area contributed by atoms with Crippen LogP contribution in [0.15, 0.2) is 0 Å². The third-order valence-electron chi connectivity index (χ3n) is 1.43. The van der Waals surface area contributed by atoms with Gasteiger partial charge in [0.05, 0.1) is 13.2 Å². The van der Waals surface area contributed by atoms with Crippen LogP contribution in [0.3, 0.4) is 0 Å². The first-order valence-electron chi connectivity index (χ1n) is 4.81. The minimum Gasteiger partial charge on any atom is -0.434 e. The van der Waals surface area contributed by atoms with E-state index in [1.807, 2.05) is 13.8 Å². The maximum Gasteiger partial charge on any atom is 0.508 e. The summed E-state index contributed by atoms with van der Waals surface area (Å²) in [4.78, 5) is 21.4. The summed E-state index contributed by atoms with van der Waals surface area (Å²) in [7, 11) is 0. The summed E-state index contributed by atoms with van der Waals surface area (Å²) in [5.74, 6) is 0.406. The zero-order valence-corrected chi connectivity index (χ0v) is 9.04. The van der Waals surface area contributed by atoms with Gasteiger partial charge in [0.15, 0.2) is 0 Å². The van der Waals surface area contributed by atoms with E-state index in [0.717, 1.165) is 0 Å². The van der Waals surface area contributed by atoms with Crippen molar-refractivity contribution >= 4 is 11.9 Å². The first kappa shape index (κ1) is 12.9. The molecule has 0 aromatic carbocycles. The van der Waals surface area contributed by atoms with Crippen molar-refractivity contribution < 1.29 is 19.1 Å². The average Bonchev–Trinajstić information content (AvgIpc) is 2.08. The van der Waals surface area contributed by atoms with Crippen LogP contribution < -0.4 is 0 Å². The van der Waals surface area contributed by atoms with Crippen LogP contribution in [0.25, 0.3) is 0 Å². The molecule has 0 aromatic rings. The number of rotatable bonds is 6. The second kappa shape index (κ2) is 7.35. The molecule has 0 N–H and O–H groups in total. The van der Waals surface area contributed by atoms with Crippen LogP contribution in [0.2, 0.25) is 0 Å². The lowest BCUT2D eigenvalue weighted by Gasteiger charge is -2.07. The molecule has 0 heterocycles. The standard InChI is InChI=1S/C10H18O4/c1-8(2)7-14-10(12)13-6-4-5-9(3)11/h8H,4-7H2,1-3H3. The highest BCUT2D eigenvalue weighted by atomic mass is 16.7. The highest BCUT2D eigenvalue weighted by molar-refractivity contribution is 5.75. The summed E-state index contributed by atoms with van der Waals surface area (Å²) in [5, 5.41) is 0. The molecule has 0 aromatic heterocycles. The fraction of sp³-hybridized carbons (Fsp3) is 0.800. The molecule has 0 saturated heterocycles. The molecular weight excluding hydrogens is 184 g/mol. The number of carbonyl (C=O) groups is 2. The molecule has 0 aliphatic carbocycles. The van der Waals surface area contributed by atoms with E-state index in [1.165, 1.54) is 6.92 Å². The van der Waals surface area contributed by atoms with Crippen LogP contribution in [0.4, 0.5) is 4.79 Å². The van der Waals surface area contributed by atoms with Crippen LogP contribution in [0.1, 0.15) is 33.6 Å². The molecule has 0 spiro atoms. The lowest BCUT2D eigenvalue weighted by molar-refractivity contribution is -0.117. The van der Waals surface area contributed by atoms with E-state index in [4.69, 9.17) is 9.47 Å². The predicted molar refractivity (Wildman–Crippen MR) is 52.1 cm³/mol. The van der Waals surface area contributed by atoms with Crippen molar-refractivity contribution in [2.45, 2.75) is 33.6 Å². The predicted octanol–water partition coefficient (Wildman–Crippen LogP) is 2.16. The zero-order chi connectivity index (χ0) is 11.0. The Hall–Kier alpha value is -1.06. The number of ketones is 1. The number of carbonyl (C=O) groups excluding carboxylic acids is 2. The zero-order valence-electron chi connectivity index (χ0n) is 9.04. The quantitative estimate of drug-likeness (QED) is 0.489. The van der Waals surface area contributed by atoms with Crippen molar-refractivity contribution in [3.8, 4) is 0 Å². The summed E-state index contributed by atoms with van der Waals surface area (Å²) in [6.45, 7) is 6.02. The van der Waals surface area contributed by atoms with Gasteiger partial charge >= 0.3 is 6.16 Å². The Kier molecular flexibility index (Phi) is 6.80. The Labute approximate surface area is 84.6 Å². The lowest BCUT2D eigenvalue weighted by Crippen LogP contribution is -2.12. The molecular formula is C10H18O4. The van der Waals surface area contributed by atoms with E-state index in [1.54, 1.807) is 0 Å². The van der Waals surface area contributed by atoms with E-state index in [2.05, 4.69) is 0 Å². The van der Waals surface area contributed by atoms with E-state index in [9.17, 15) is 9.59 Å². The van der Waals surface area contributed by atoms with Gasteiger partial charge in [0.2, 0.25) is 0 Å². The minimum absolute atomic E-state index is 0.101. The molecule has 4 heteroatoms. The first-order valence-corrected chi connectivity index (χ1v) is 4.81. The van der Waals surface area contributed by atoms with Gasteiger partial charge in [-0.15, -0.1) is 0 Å². The van der Waals surface area contributed by atoms with Gasteiger partial charge in [0.25, 0.3) is 0 Å². The molecule has 0 saturated carbocycles. The molecule has 0 aliphatic rings. The van der Waals surface area contributed by atoms with Crippen LogP contribution in [0.5, 0.6) is 0 Å². The maximum absolute atomic E-state index is 10.9. The number of hydrogen-bond donors (Lipinski definition) is 0. The largest absolute Gasteiger partial charge is 0.508 e. The van der Waals surface area contributed by atoms with Crippen molar-refractivity contribution in [1.82, 2.24) is 0 Å². The Balaban J connectivity index is 3.31. The molecule has 0 rings (SSSR count). The van der Waals surface area contributed by atoms with E-state index in [-0.39, 0.29) is 12.4 Å². The summed E-state index contributed by atoms with van der Waals surface area (Å²) < 4.78 is 9.49. The molecule has 0 bridgehead atoms. The highest BCUT2D eigenvalue weighted by Crippen LogP contribution is 1.97. The topological polar surface area (TPSA) is 52.6 Å². The van der Waals surface area contributed by atoms with Crippen LogP contribution in [0, 0.1) is 5.92 Å². The Morgan fingerprint density at radius 3 is 2.36 bits per heavy atom. The average molecular weight is 202 g/mol. The van der Waals surface area contributed by atoms with Crippen molar-refractivity contribution in [1.29, 1.82) is 0 Å². The highest BCUT2D eigenvalue weighted by Gasteiger charge is 2.04. The van der Waals surface area contributed by atoms with Gasteiger partial charge < -0.3 is 14.3 Å². The Morgan fingerprint density at radius 2 is 1.86 bits per heavy atom. The van der Waals surface area contributed by atoms with Gasteiger partial charge in [-0.1, -0.05) is 13.8 Å². The lowest BCUT2D eigenvalue weighted by atomic mass is 10.2. The fourth-order valence-electron chi connectivity index (χ4n) is 0.753. The van der Waals surface area contributed by atoms with Crippen molar-refractivity contribution in [3.63, 3.8) is 0 Å². The van der Waals surface area contributed by atoms with Crippen LogP contribution in [-0.2, 0) is 14.3 Å². The molecule has 0 radical (unpaired) electrons. The van der Waals surface area contributed by atoms with Gasteiger partial charge in [-0.3, -0.25) is 0 Å². The monoisotopic (exact) mass is 202 g/mol. The molecule has 0 atom stereocenters. The Bertz CT molecular complexity index is 187. The third-order valence-corrected chi connectivity index (χ3v) is 1.43. The molecule has 82 valence electrons. The van der Waals surface area contributed by atoms with Gasteiger partial charge in [0, 0.05) is 6.42 Å². The van der Waals surface area contributed by atoms with Gasteiger partial charge in [-0.2, -0.15) is 0 Å². The van der Waals surface area contributed by atoms with Crippen LogP contribution in [-0.4, -0.2) is 25.2 Å². The second-order valence-electron chi connectivity index (χ2n) is 3.61. The van der Waals surface area contributed by atoms with Gasteiger partial charge in [0.1, 0.15) is 5.78 Å². The molecule has 0 amide bonds. The normalized spacial score (nSPS) is 10.0. The van der Waals surface area contributed by atoms with E-state index < -0.39 is 6.16 Å². The number of Topliss-reactive ketones (excluding diaryl/α,β-unsaturated/α-hetero) is 1. The van der Waals surface area contributed by atoms with Gasteiger partial charge in [-0.05, 0) is 19.3 Å². The number of ether oxygens (including phenoxy) is 2. The van der Waals surface area contributed by atoms with Crippen molar-refractivity contribution in [2.24, 2.45) is 5.92 Å². The summed E-state index contributed by atoms with van der Waals surface area (Å²) in [6.07, 6.45) is 0.353. The molecule has 0 aliphatic heterocycles. The van der Waals surface area contributed by atoms with Crippen molar-refractivity contribution in [2.75, 3.05) is 13.2 Å². The number of hydrogen-bond acceptors (Lipinski definition) is 4. The third kappa shape index (κ3) is 9.03. The van der Waals surface area contributed by atoms with E-state index in [0.29, 0.717) is 25.4 Å². The maximum atomic E-state index is 10.9. The fourth-order valence-corrected chi connectivity index (χ4v) is 0.753. The van der Waals surface area contributed by atoms with Gasteiger partial charge in [-0.25, -0.2) is 4.79 Å². The SMILES string of the molecule is CC(=O)CCCOC(=O)OCC(C)C.